The van der Waals surface area contributed by atoms with Crippen LogP contribution in [0.3, 0.4) is 0 Å². The van der Waals surface area contributed by atoms with Crippen LogP contribution in [0, 0.1) is 0 Å². The van der Waals surface area contributed by atoms with Gasteiger partial charge in [-0.15, -0.1) is 0 Å². The van der Waals surface area contributed by atoms with Crippen LogP contribution in [0.15, 0.2) is 36.4 Å². The maximum absolute atomic E-state index is 12.6. The molecule has 0 fully saturated rings. The second-order valence-corrected chi connectivity index (χ2v) is 4.71. The highest BCUT2D eigenvalue weighted by molar-refractivity contribution is 5.87. The van der Waals surface area contributed by atoms with Gasteiger partial charge in [0.15, 0.2) is 0 Å². The largest absolute Gasteiger partial charge is 0.508 e. The van der Waals surface area contributed by atoms with E-state index in [9.17, 15) is 31.1 Å². The Balaban J connectivity index is 3.18. The molecule has 1 unspecified atom stereocenters. The smallest absolute Gasteiger partial charge is 0.423 e. The van der Waals surface area contributed by atoms with Crippen molar-refractivity contribution in [2.75, 3.05) is 0 Å². The van der Waals surface area contributed by atoms with Crippen molar-refractivity contribution < 1.29 is 45.7 Å². The Labute approximate surface area is 132 Å². The van der Waals surface area contributed by atoms with Crippen LogP contribution in [0.4, 0.5) is 26.3 Å². The first-order valence-corrected chi connectivity index (χ1v) is 6.26. The molecule has 0 heterocycles. The Morgan fingerprint density at radius 2 is 1.54 bits per heavy atom. The molecule has 0 amide bonds. The van der Waals surface area contributed by atoms with Crippen molar-refractivity contribution in [2.24, 2.45) is 0 Å². The van der Waals surface area contributed by atoms with Crippen LogP contribution >= 0.6 is 0 Å². The first kappa shape index (κ1) is 19.8. The lowest BCUT2D eigenvalue weighted by Gasteiger charge is -2.28. The van der Waals surface area contributed by atoms with Gasteiger partial charge in [0.25, 0.3) is 6.10 Å². The molecule has 24 heavy (non-hydrogen) atoms. The highest BCUT2D eigenvalue weighted by atomic mass is 19.4. The van der Waals surface area contributed by atoms with Crippen LogP contribution in [-0.2, 0) is 14.3 Å². The quantitative estimate of drug-likeness (QED) is 0.374. The van der Waals surface area contributed by atoms with Crippen molar-refractivity contribution in [2.45, 2.75) is 31.7 Å². The summed E-state index contributed by atoms with van der Waals surface area (Å²) in [5.74, 6) is -1.54. The molecule has 1 rings (SSSR count). The van der Waals surface area contributed by atoms with Crippen molar-refractivity contribution in [3.63, 3.8) is 0 Å². The molecular weight excluding hydrogens is 346 g/mol. The first-order valence-electron chi connectivity index (χ1n) is 6.26. The number of carbonyl (C=O) groups excluding carboxylic acids is 1. The maximum atomic E-state index is 12.6. The lowest BCUT2D eigenvalue weighted by molar-refractivity contribution is -0.351. The maximum Gasteiger partial charge on any atom is 0.423 e. The van der Waals surface area contributed by atoms with Gasteiger partial charge in [0.05, 0.1) is 0 Å². The number of alkyl halides is 6. The summed E-state index contributed by atoms with van der Waals surface area (Å²) in [7, 11) is 0. The number of ether oxygens (including phenoxy) is 2. The molecule has 134 valence electrons. The van der Waals surface area contributed by atoms with Crippen LogP contribution in [0.5, 0.6) is 5.75 Å². The van der Waals surface area contributed by atoms with E-state index in [0.29, 0.717) is 0 Å². The van der Waals surface area contributed by atoms with Gasteiger partial charge in [-0.25, -0.2) is 4.79 Å². The monoisotopic (exact) mass is 358 g/mol. The molecule has 0 saturated carbocycles. The number of halogens is 6. The van der Waals surface area contributed by atoms with Gasteiger partial charge in [0.1, 0.15) is 5.75 Å². The minimum Gasteiger partial charge on any atom is -0.508 e. The van der Waals surface area contributed by atoms with Crippen molar-refractivity contribution in [3.05, 3.63) is 42.0 Å². The van der Waals surface area contributed by atoms with Crippen LogP contribution in [0.25, 0.3) is 0 Å². The van der Waals surface area contributed by atoms with Crippen LogP contribution < -0.4 is 0 Å². The van der Waals surface area contributed by atoms with E-state index in [4.69, 9.17) is 5.11 Å². The average Bonchev–Trinajstić information content (AvgIpc) is 2.41. The third kappa shape index (κ3) is 5.44. The summed E-state index contributed by atoms with van der Waals surface area (Å²) in [6.07, 6.45) is -18.0. The van der Waals surface area contributed by atoms with Crippen molar-refractivity contribution in [1.82, 2.24) is 0 Å². The third-order valence-corrected chi connectivity index (χ3v) is 2.58. The predicted molar refractivity (Wildman–Crippen MR) is 68.7 cm³/mol. The molecule has 0 aliphatic heterocycles. The molecule has 1 aromatic rings. The summed E-state index contributed by atoms with van der Waals surface area (Å²) in [6, 6.07) is 3.87. The highest BCUT2D eigenvalue weighted by Crippen LogP contribution is 2.39. The third-order valence-electron chi connectivity index (χ3n) is 2.58. The summed E-state index contributed by atoms with van der Waals surface area (Å²) < 4.78 is 84.2. The molecule has 1 N–H and O–H groups in total. The molecular formula is C14H12F6O4. The Morgan fingerprint density at radius 3 is 1.92 bits per heavy atom. The van der Waals surface area contributed by atoms with Crippen molar-refractivity contribution in [1.29, 1.82) is 0 Å². The van der Waals surface area contributed by atoms with Gasteiger partial charge in [-0.05, 0) is 31.2 Å². The van der Waals surface area contributed by atoms with Gasteiger partial charge in [0.2, 0.25) is 6.29 Å². The lowest BCUT2D eigenvalue weighted by atomic mass is 10.2. The number of benzene rings is 1. The summed E-state index contributed by atoms with van der Waals surface area (Å²) in [6.45, 7) is 4.33. The fraction of sp³-hybridized carbons (Fsp3) is 0.357. The number of hydrogen-bond donors (Lipinski definition) is 1. The predicted octanol–water partition coefficient (Wildman–Crippen LogP) is 4.02. The Kier molecular flexibility index (Phi) is 5.88. The topological polar surface area (TPSA) is 55.8 Å². The normalized spacial score (nSPS) is 13.7. The number of hydrogen-bond acceptors (Lipinski definition) is 4. The summed E-state index contributed by atoms with van der Waals surface area (Å²) >= 11 is 0. The van der Waals surface area contributed by atoms with E-state index in [1.54, 1.807) is 0 Å². The number of phenolic OH excluding ortho intramolecular Hbond substituents is 1. The van der Waals surface area contributed by atoms with Crippen molar-refractivity contribution >= 4 is 5.97 Å². The Morgan fingerprint density at radius 1 is 1.08 bits per heavy atom. The zero-order valence-corrected chi connectivity index (χ0v) is 12.1. The van der Waals surface area contributed by atoms with Gasteiger partial charge in [-0.2, -0.15) is 26.3 Å². The van der Waals surface area contributed by atoms with Crippen LogP contribution in [-0.4, -0.2) is 29.5 Å². The Bertz CT molecular complexity index is 577. The second kappa shape index (κ2) is 7.12. The molecule has 1 aromatic carbocycles. The molecule has 10 heteroatoms. The van der Waals surface area contributed by atoms with Gasteiger partial charge in [-0.3, -0.25) is 0 Å². The molecule has 0 bridgehead atoms. The summed E-state index contributed by atoms with van der Waals surface area (Å²) in [4.78, 5) is 11.5. The van der Waals surface area contributed by atoms with Crippen LogP contribution in [0.1, 0.15) is 18.8 Å². The number of phenols is 1. The van der Waals surface area contributed by atoms with Gasteiger partial charge < -0.3 is 14.6 Å². The van der Waals surface area contributed by atoms with Gasteiger partial charge in [-0.1, -0.05) is 6.58 Å². The lowest BCUT2D eigenvalue weighted by Crippen LogP contribution is -2.45. The second-order valence-electron chi connectivity index (χ2n) is 4.71. The zero-order valence-electron chi connectivity index (χ0n) is 12.1. The van der Waals surface area contributed by atoms with E-state index in [1.165, 1.54) is 0 Å². The van der Waals surface area contributed by atoms with Gasteiger partial charge >= 0.3 is 18.3 Å². The molecule has 0 spiro atoms. The average molecular weight is 358 g/mol. The van der Waals surface area contributed by atoms with E-state index >= 15 is 0 Å². The molecule has 0 saturated heterocycles. The highest BCUT2D eigenvalue weighted by Gasteiger charge is 2.59. The van der Waals surface area contributed by atoms with E-state index in [0.717, 1.165) is 31.2 Å². The minimum atomic E-state index is -5.77. The summed E-state index contributed by atoms with van der Waals surface area (Å²) in [5, 5.41) is 9.13. The number of aromatic hydroxyl groups is 1. The molecule has 0 aromatic heterocycles. The first-order chi connectivity index (χ1) is 10.8. The summed E-state index contributed by atoms with van der Waals surface area (Å²) in [5.41, 5.74) is -0.584. The fourth-order valence-corrected chi connectivity index (χ4v) is 1.47. The zero-order chi connectivity index (χ0) is 18.7. The molecule has 1 atom stereocenters. The van der Waals surface area contributed by atoms with E-state index in [1.807, 2.05) is 0 Å². The van der Waals surface area contributed by atoms with E-state index in [2.05, 4.69) is 16.1 Å². The van der Waals surface area contributed by atoms with Crippen molar-refractivity contribution in [3.8, 4) is 5.75 Å². The standard InChI is InChI=1S/C14H12F6O4/c1-7(2)10(22)23-11(8-3-5-9(21)6-4-8)24-12(13(15,16)17)14(18,19)20/h3-6,11-12,21H,1H2,2H3. The van der Waals surface area contributed by atoms with E-state index in [-0.39, 0.29) is 16.9 Å². The molecule has 4 nitrogen and oxygen atoms in total. The molecule has 0 radical (unpaired) electrons. The van der Waals surface area contributed by atoms with E-state index < -0.39 is 30.7 Å². The Hall–Kier alpha value is -2.23. The number of rotatable bonds is 5. The fourth-order valence-electron chi connectivity index (χ4n) is 1.47. The van der Waals surface area contributed by atoms with Crippen LogP contribution in [0.2, 0.25) is 0 Å². The molecule has 0 aliphatic rings. The number of carbonyl (C=O) groups is 1. The number of esters is 1. The molecule has 0 aliphatic carbocycles. The van der Waals surface area contributed by atoms with Gasteiger partial charge in [0, 0.05) is 11.1 Å². The minimum absolute atomic E-state index is 0.252. The SMILES string of the molecule is C=C(C)C(=O)OC(OC(C(F)(F)F)C(F)(F)F)c1ccc(O)cc1.